The van der Waals surface area contributed by atoms with Crippen molar-refractivity contribution in [1.29, 1.82) is 0 Å². The molecule has 0 heterocycles. The summed E-state index contributed by atoms with van der Waals surface area (Å²) in [4.78, 5) is 35.8. The first kappa shape index (κ1) is 19.7. The average molecular weight is 367 g/mol. The molecule has 7 nitrogen and oxygen atoms in total. The Morgan fingerprint density at radius 1 is 1.04 bits per heavy atom. The fourth-order valence-electron chi connectivity index (χ4n) is 2.14. The predicted molar refractivity (Wildman–Crippen MR) is 97.5 cm³/mol. The topological polar surface area (TPSA) is 108 Å². The van der Waals surface area contributed by atoms with Gasteiger partial charge in [-0.2, -0.15) is 0 Å². The minimum absolute atomic E-state index is 0.0879. The molecule has 7 heteroatoms. The molecule has 0 aliphatic rings. The Morgan fingerprint density at radius 2 is 1.67 bits per heavy atom. The average Bonchev–Trinajstić information content (AvgIpc) is 2.68. The third-order valence-corrected chi connectivity index (χ3v) is 3.66. The highest BCUT2D eigenvalue weighted by atomic mass is 16.5. The van der Waals surface area contributed by atoms with Crippen LogP contribution in [-0.2, 0) is 9.59 Å². The second-order valence-corrected chi connectivity index (χ2v) is 5.67. The lowest BCUT2D eigenvalue weighted by Crippen LogP contribution is -2.48. The van der Waals surface area contributed by atoms with Crippen molar-refractivity contribution in [1.82, 2.24) is 10.6 Å². The Labute approximate surface area is 156 Å². The first-order chi connectivity index (χ1) is 12.9. The van der Waals surface area contributed by atoms with Gasteiger partial charge < -0.3 is 25.3 Å². The van der Waals surface area contributed by atoms with Gasteiger partial charge in [-0.1, -0.05) is 30.3 Å². The van der Waals surface area contributed by atoms with E-state index in [-0.39, 0.29) is 5.70 Å². The zero-order valence-electron chi connectivity index (χ0n) is 14.9. The second-order valence-electron chi connectivity index (χ2n) is 5.67. The molecule has 0 saturated carbocycles. The van der Waals surface area contributed by atoms with Gasteiger partial charge in [0.15, 0.2) is 0 Å². The fraction of sp³-hybridized carbons (Fsp3) is 0.150. The second kappa shape index (κ2) is 9.19. The van der Waals surface area contributed by atoms with Gasteiger partial charge >= 0.3 is 0 Å². The van der Waals surface area contributed by atoms with Crippen LogP contribution in [0.5, 0.6) is 5.75 Å². The van der Waals surface area contributed by atoms with Crippen LogP contribution in [0.1, 0.15) is 22.8 Å². The van der Waals surface area contributed by atoms with Crippen LogP contribution in [0, 0.1) is 0 Å². The maximum Gasteiger partial charge on any atom is 0.268 e. The number of methoxy groups -OCH3 is 1. The van der Waals surface area contributed by atoms with Crippen molar-refractivity contribution in [2.24, 2.45) is 0 Å². The number of hydrogen-bond acceptors (Lipinski definition) is 5. The standard InChI is InChI=1S/C20H20N2O5/c1-13(20(25)26)21-19(24)17(12-14-6-4-3-5-7-14)22-18(23)15-8-10-16(27-2)11-9-15/h3-13H,1-2H3,(H,21,24)(H,22,23)(H,25,26)/p-1/b17-12-/t13-/m0/s1. The Morgan fingerprint density at radius 3 is 2.22 bits per heavy atom. The number of hydrogen-bond donors (Lipinski definition) is 2. The Balaban J connectivity index is 2.25. The molecule has 2 aromatic rings. The molecule has 0 unspecified atom stereocenters. The number of carboxylic acids is 1. The lowest BCUT2D eigenvalue weighted by atomic mass is 10.1. The van der Waals surface area contributed by atoms with Crippen LogP contribution >= 0.6 is 0 Å². The van der Waals surface area contributed by atoms with Crippen LogP contribution in [-0.4, -0.2) is 30.9 Å². The summed E-state index contributed by atoms with van der Waals surface area (Å²) in [7, 11) is 1.51. The normalized spacial score (nSPS) is 12.0. The molecule has 2 rings (SSSR count). The zero-order valence-corrected chi connectivity index (χ0v) is 14.9. The van der Waals surface area contributed by atoms with E-state index >= 15 is 0 Å². The van der Waals surface area contributed by atoms with Gasteiger partial charge in [0.1, 0.15) is 11.4 Å². The molecular weight excluding hydrogens is 348 g/mol. The molecule has 2 N–H and O–H groups in total. The minimum Gasteiger partial charge on any atom is -0.548 e. The number of carboxylic acid groups (broad SMARTS) is 1. The monoisotopic (exact) mass is 367 g/mol. The van der Waals surface area contributed by atoms with E-state index in [2.05, 4.69) is 10.6 Å². The summed E-state index contributed by atoms with van der Waals surface area (Å²) in [5.74, 6) is -2.09. The molecule has 27 heavy (non-hydrogen) atoms. The molecule has 0 bridgehead atoms. The molecule has 0 fully saturated rings. The number of carbonyl (C=O) groups is 3. The zero-order chi connectivity index (χ0) is 19.8. The van der Waals surface area contributed by atoms with E-state index in [1.807, 2.05) is 6.07 Å². The van der Waals surface area contributed by atoms with Gasteiger partial charge in [-0.15, -0.1) is 0 Å². The van der Waals surface area contributed by atoms with E-state index < -0.39 is 23.8 Å². The van der Waals surface area contributed by atoms with Gasteiger partial charge in [-0.25, -0.2) is 0 Å². The molecule has 0 radical (unpaired) electrons. The number of ether oxygens (including phenoxy) is 1. The van der Waals surface area contributed by atoms with E-state index in [4.69, 9.17) is 4.74 Å². The van der Waals surface area contributed by atoms with Crippen molar-refractivity contribution in [2.75, 3.05) is 7.11 Å². The van der Waals surface area contributed by atoms with E-state index in [1.165, 1.54) is 20.1 Å². The van der Waals surface area contributed by atoms with Gasteiger partial charge in [0.05, 0.1) is 19.1 Å². The molecule has 0 saturated heterocycles. The SMILES string of the molecule is COc1ccc(C(=O)N/C(=C\c2ccccc2)C(=O)N[C@@H](C)C(=O)[O-])cc1. The summed E-state index contributed by atoms with van der Waals surface area (Å²) in [6.45, 7) is 1.28. The molecule has 1 atom stereocenters. The maximum absolute atomic E-state index is 12.5. The largest absolute Gasteiger partial charge is 0.548 e. The van der Waals surface area contributed by atoms with Crippen molar-refractivity contribution in [3.05, 3.63) is 71.4 Å². The third kappa shape index (κ3) is 5.71. The summed E-state index contributed by atoms with van der Waals surface area (Å²) >= 11 is 0. The van der Waals surface area contributed by atoms with E-state index in [0.29, 0.717) is 16.9 Å². The predicted octanol–water partition coefficient (Wildman–Crippen LogP) is 0.721. The highest BCUT2D eigenvalue weighted by Gasteiger charge is 2.17. The van der Waals surface area contributed by atoms with Crippen LogP contribution in [0.25, 0.3) is 6.08 Å². The molecule has 2 amide bonds. The highest BCUT2D eigenvalue weighted by Crippen LogP contribution is 2.12. The highest BCUT2D eigenvalue weighted by molar-refractivity contribution is 6.06. The maximum atomic E-state index is 12.5. The summed E-state index contributed by atoms with van der Waals surface area (Å²) in [5, 5.41) is 15.7. The van der Waals surface area contributed by atoms with Crippen LogP contribution in [0.3, 0.4) is 0 Å². The van der Waals surface area contributed by atoms with E-state index in [0.717, 1.165) is 0 Å². The smallest absolute Gasteiger partial charge is 0.268 e. The molecule has 0 aliphatic carbocycles. The third-order valence-electron chi connectivity index (χ3n) is 3.66. The van der Waals surface area contributed by atoms with Gasteiger partial charge in [0.25, 0.3) is 11.8 Å². The number of rotatable bonds is 7. The number of carbonyl (C=O) groups excluding carboxylic acids is 3. The molecule has 0 aromatic heterocycles. The van der Waals surface area contributed by atoms with Crippen molar-refractivity contribution in [3.63, 3.8) is 0 Å². The molecule has 0 spiro atoms. The number of amides is 2. The van der Waals surface area contributed by atoms with Crippen LogP contribution < -0.4 is 20.5 Å². The Kier molecular flexibility index (Phi) is 6.71. The number of aliphatic carboxylic acids is 1. The number of nitrogens with one attached hydrogen (secondary N) is 2. The summed E-state index contributed by atoms with van der Waals surface area (Å²) in [6.07, 6.45) is 1.46. The van der Waals surface area contributed by atoms with Crippen molar-refractivity contribution < 1.29 is 24.2 Å². The van der Waals surface area contributed by atoms with Crippen molar-refractivity contribution in [3.8, 4) is 5.75 Å². The van der Waals surface area contributed by atoms with Crippen molar-refractivity contribution >= 4 is 23.9 Å². The summed E-state index contributed by atoms with van der Waals surface area (Å²) < 4.78 is 5.04. The van der Waals surface area contributed by atoms with Gasteiger partial charge in [-0.3, -0.25) is 9.59 Å². The first-order valence-corrected chi connectivity index (χ1v) is 8.14. The lowest BCUT2D eigenvalue weighted by Gasteiger charge is -2.17. The minimum atomic E-state index is -1.43. The Hall–Kier alpha value is -3.61. The van der Waals surface area contributed by atoms with Crippen molar-refractivity contribution in [2.45, 2.75) is 13.0 Å². The summed E-state index contributed by atoms with van der Waals surface area (Å²) in [5.41, 5.74) is 0.893. The van der Waals surface area contributed by atoms with Gasteiger partial charge in [-0.05, 0) is 42.8 Å². The molecule has 2 aromatic carbocycles. The quantitative estimate of drug-likeness (QED) is 0.701. The lowest BCUT2D eigenvalue weighted by molar-refractivity contribution is -0.307. The van der Waals surface area contributed by atoms with E-state index in [1.54, 1.807) is 48.5 Å². The van der Waals surface area contributed by atoms with E-state index in [9.17, 15) is 19.5 Å². The number of benzene rings is 2. The molecule has 0 aliphatic heterocycles. The Bertz CT molecular complexity index is 844. The van der Waals surface area contributed by atoms with Crippen LogP contribution in [0.15, 0.2) is 60.3 Å². The van der Waals surface area contributed by atoms with Crippen LogP contribution in [0.4, 0.5) is 0 Å². The summed E-state index contributed by atoms with van der Waals surface area (Å²) in [6, 6.07) is 14.0. The van der Waals surface area contributed by atoms with Gasteiger partial charge in [0, 0.05) is 5.56 Å². The molecule has 140 valence electrons. The molecular formula is C20H19N2O5-. The van der Waals surface area contributed by atoms with Crippen LogP contribution in [0.2, 0.25) is 0 Å². The first-order valence-electron chi connectivity index (χ1n) is 8.14. The van der Waals surface area contributed by atoms with Gasteiger partial charge in [0.2, 0.25) is 0 Å². The fourth-order valence-corrected chi connectivity index (χ4v) is 2.14.